The van der Waals surface area contributed by atoms with Gasteiger partial charge >= 0.3 is 6.16 Å². The second-order valence-electron chi connectivity index (χ2n) is 9.77. The van der Waals surface area contributed by atoms with E-state index in [0.717, 1.165) is 18.1 Å². The van der Waals surface area contributed by atoms with Gasteiger partial charge in [-0.3, -0.25) is 19.3 Å². The van der Waals surface area contributed by atoms with Crippen molar-refractivity contribution in [3.63, 3.8) is 0 Å². The summed E-state index contributed by atoms with van der Waals surface area (Å²) in [6, 6.07) is 12.2. The molecule has 6 rings (SSSR count). The lowest BCUT2D eigenvalue weighted by molar-refractivity contribution is -0.0786. The van der Waals surface area contributed by atoms with Gasteiger partial charge in [-0.25, -0.2) is 18.0 Å². The lowest BCUT2D eigenvalue weighted by atomic mass is 9.91. The summed E-state index contributed by atoms with van der Waals surface area (Å²) < 4.78 is 61.7. The molecular weight excluding hydrogens is 563 g/mol. The van der Waals surface area contributed by atoms with Crippen molar-refractivity contribution in [3.05, 3.63) is 93.2 Å². The molecular formula is C28H24F3N3O6S. The van der Waals surface area contributed by atoms with Crippen LogP contribution in [0, 0.1) is 5.82 Å². The largest absolute Gasteiger partial charge is 0.510 e. The van der Waals surface area contributed by atoms with E-state index in [0.29, 0.717) is 16.9 Å². The smallest absolute Gasteiger partial charge is 0.451 e. The number of nitrogens with zero attached hydrogens (tertiary/aromatic N) is 3. The molecule has 41 heavy (non-hydrogen) atoms. The van der Waals surface area contributed by atoms with Crippen molar-refractivity contribution < 1.29 is 37.0 Å². The van der Waals surface area contributed by atoms with E-state index < -0.39 is 66.8 Å². The maximum atomic E-state index is 15.8. The van der Waals surface area contributed by atoms with E-state index >= 15 is 13.2 Å². The molecule has 3 aliphatic heterocycles. The topological polar surface area (TPSA) is 90.3 Å². The average Bonchev–Trinajstić information content (AvgIpc) is 3.11. The second kappa shape index (κ2) is 10.4. The van der Waals surface area contributed by atoms with Crippen LogP contribution in [0.15, 0.2) is 64.4 Å². The Balaban J connectivity index is 1.60. The molecule has 0 aliphatic carbocycles. The van der Waals surface area contributed by atoms with Gasteiger partial charge in [0, 0.05) is 41.4 Å². The number of piperidine rings is 1. The molecule has 13 heteroatoms. The number of halogens is 3. The summed E-state index contributed by atoms with van der Waals surface area (Å²) in [5, 5.41) is 1.53. The lowest BCUT2D eigenvalue weighted by Gasteiger charge is -2.53. The van der Waals surface area contributed by atoms with Gasteiger partial charge in [-0.05, 0) is 23.3 Å². The number of hydrogen-bond donors (Lipinski definition) is 0. The van der Waals surface area contributed by atoms with Crippen molar-refractivity contribution in [3.8, 4) is 5.75 Å². The van der Waals surface area contributed by atoms with Crippen molar-refractivity contribution in [2.75, 3.05) is 25.5 Å². The molecule has 0 radical (unpaired) electrons. The van der Waals surface area contributed by atoms with Crippen LogP contribution in [-0.2, 0) is 15.2 Å². The number of alkyl halides is 2. The molecule has 2 aromatic carbocycles. The Morgan fingerprint density at radius 3 is 2.73 bits per heavy atom. The van der Waals surface area contributed by atoms with Gasteiger partial charge in [0.1, 0.15) is 18.0 Å². The van der Waals surface area contributed by atoms with Crippen LogP contribution in [0.25, 0.3) is 0 Å². The third kappa shape index (κ3) is 4.67. The highest BCUT2D eigenvalue weighted by atomic mass is 32.2. The van der Waals surface area contributed by atoms with Gasteiger partial charge in [0.05, 0.1) is 13.5 Å². The number of aromatic nitrogens is 1. The first-order chi connectivity index (χ1) is 19.7. The Labute approximate surface area is 236 Å². The summed E-state index contributed by atoms with van der Waals surface area (Å²) in [4.78, 5) is 40.3. The predicted octanol–water partition coefficient (Wildman–Crippen LogP) is 4.65. The maximum absolute atomic E-state index is 15.8. The molecule has 0 N–H and O–H groups in total. The number of pyridine rings is 1. The summed E-state index contributed by atoms with van der Waals surface area (Å²) in [5.41, 5.74) is 0.676. The molecule has 214 valence electrons. The monoisotopic (exact) mass is 587 g/mol. The molecule has 9 nitrogen and oxygen atoms in total. The van der Waals surface area contributed by atoms with Crippen molar-refractivity contribution in [1.29, 1.82) is 0 Å². The van der Waals surface area contributed by atoms with E-state index in [4.69, 9.17) is 9.47 Å². The molecule has 4 heterocycles. The van der Waals surface area contributed by atoms with E-state index in [1.165, 1.54) is 38.6 Å². The number of carbonyl (C=O) groups is 2. The van der Waals surface area contributed by atoms with Crippen LogP contribution in [0.3, 0.4) is 0 Å². The quantitative estimate of drug-likeness (QED) is 0.322. The number of hydrogen-bond acceptors (Lipinski definition) is 8. The summed E-state index contributed by atoms with van der Waals surface area (Å²) in [7, 11) is 1.09. The molecule has 2 atom stereocenters. The maximum Gasteiger partial charge on any atom is 0.510 e. The number of amides is 1. The normalized spacial score (nSPS) is 20.6. The molecule has 3 aromatic rings. The number of carbonyl (C=O) groups excluding carboxylic acids is 2. The molecule has 0 spiro atoms. The minimum absolute atomic E-state index is 0.250. The highest BCUT2D eigenvalue weighted by Crippen LogP contribution is 2.47. The van der Waals surface area contributed by atoms with Gasteiger partial charge in [0.15, 0.2) is 5.69 Å². The SMILES string of the molecule is COC(=O)OCOc1c2n(ccc1=O)N([C@@H]1c3ccccc3SCc3cccc(F)c31)[C@@H]1CC(F)(F)CCN1C2=O. The predicted molar refractivity (Wildman–Crippen MR) is 141 cm³/mol. The van der Waals surface area contributed by atoms with Crippen LogP contribution in [0.1, 0.15) is 46.1 Å². The zero-order valence-electron chi connectivity index (χ0n) is 21.7. The van der Waals surface area contributed by atoms with E-state index in [-0.39, 0.29) is 17.8 Å². The number of thioether (sulfide) groups is 1. The molecule has 1 fully saturated rings. The zero-order chi connectivity index (χ0) is 28.9. The summed E-state index contributed by atoms with van der Waals surface area (Å²) in [5.74, 6) is -4.33. The van der Waals surface area contributed by atoms with E-state index in [2.05, 4.69) is 4.74 Å². The average molecular weight is 588 g/mol. The Hall–Kier alpha value is -4.13. The highest BCUT2D eigenvalue weighted by Gasteiger charge is 2.52. The minimum atomic E-state index is -3.10. The minimum Gasteiger partial charge on any atom is -0.451 e. The molecule has 1 saturated heterocycles. The third-order valence-corrected chi connectivity index (χ3v) is 8.57. The fourth-order valence-electron chi connectivity index (χ4n) is 5.63. The molecule has 0 bridgehead atoms. The third-order valence-electron chi connectivity index (χ3n) is 7.44. The number of ether oxygens (including phenoxy) is 3. The first-order valence-corrected chi connectivity index (χ1v) is 13.7. The van der Waals surface area contributed by atoms with Crippen LogP contribution in [0.5, 0.6) is 5.75 Å². The first-order valence-electron chi connectivity index (χ1n) is 12.8. The van der Waals surface area contributed by atoms with Crippen LogP contribution < -0.4 is 15.2 Å². The van der Waals surface area contributed by atoms with E-state index in [1.54, 1.807) is 24.3 Å². The number of benzene rings is 2. The van der Waals surface area contributed by atoms with Gasteiger partial charge < -0.3 is 19.1 Å². The molecule has 3 aliphatic rings. The van der Waals surface area contributed by atoms with Crippen molar-refractivity contribution in [1.82, 2.24) is 9.58 Å². The fraction of sp³-hybridized carbons (Fsp3) is 0.321. The van der Waals surface area contributed by atoms with Gasteiger partial charge in [-0.1, -0.05) is 30.3 Å². The zero-order valence-corrected chi connectivity index (χ0v) is 22.5. The Bertz CT molecular complexity index is 1600. The van der Waals surface area contributed by atoms with Gasteiger partial charge in [-0.2, -0.15) is 0 Å². The van der Waals surface area contributed by atoms with Crippen LogP contribution in [0.2, 0.25) is 0 Å². The van der Waals surface area contributed by atoms with Crippen molar-refractivity contribution >= 4 is 23.8 Å². The van der Waals surface area contributed by atoms with Crippen molar-refractivity contribution in [2.24, 2.45) is 0 Å². The number of methoxy groups -OCH3 is 1. The first kappa shape index (κ1) is 27.1. The van der Waals surface area contributed by atoms with Crippen LogP contribution >= 0.6 is 11.8 Å². The molecule has 0 saturated carbocycles. The summed E-state index contributed by atoms with van der Waals surface area (Å²) >= 11 is 1.49. The number of rotatable bonds is 4. The Morgan fingerprint density at radius 1 is 1.12 bits per heavy atom. The number of fused-ring (bicyclic) bond motifs is 4. The second-order valence-corrected chi connectivity index (χ2v) is 10.8. The molecule has 0 unspecified atom stereocenters. The molecule has 1 aromatic heterocycles. The van der Waals surface area contributed by atoms with Gasteiger partial charge in [0.2, 0.25) is 18.0 Å². The van der Waals surface area contributed by atoms with E-state index in [9.17, 15) is 14.4 Å². The standard InChI is InChI=1S/C28H24F3N3O6S/c1-38-27(37)40-15-39-25-19(35)9-11-33-24(25)26(36)32-12-10-28(30,31)13-21(32)34(33)23-17-6-2-3-8-20(17)41-14-16-5-4-7-18(29)22(16)23/h2-9,11,21,23H,10,12-15H2,1H3/t21-,23-/m1/s1. The van der Waals surface area contributed by atoms with Gasteiger partial charge in [0.25, 0.3) is 11.8 Å². The Kier molecular flexibility index (Phi) is 6.84. The van der Waals surface area contributed by atoms with Gasteiger partial charge in [-0.15, -0.1) is 11.8 Å². The van der Waals surface area contributed by atoms with Crippen molar-refractivity contribution in [2.45, 2.75) is 41.6 Å². The highest BCUT2D eigenvalue weighted by molar-refractivity contribution is 7.98. The summed E-state index contributed by atoms with van der Waals surface area (Å²) in [6.45, 7) is -1.05. The van der Waals surface area contributed by atoms with Crippen LogP contribution in [0.4, 0.5) is 18.0 Å². The lowest BCUT2D eigenvalue weighted by Crippen LogP contribution is -2.66. The Morgan fingerprint density at radius 2 is 1.93 bits per heavy atom. The molecule has 1 amide bonds. The summed E-state index contributed by atoms with van der Waals surface area (Å²) in [6.07, 6.45) is -2.24. The fourth-order valence-corrected chi connectivity index (χ4v) is 6.71. The van der Waals surface area contributed by atoms with E-state index in [1.807, 2.05) is 12.1 Å². The van der Waals surface area contributed by atoms with Crippen LogP contribution in [-0.4, -0.2) is 54.2 Å².